The van der Waals surface area contributed by atoms with Crippen molar-refractivity contribution in [1.29, 1.82) is 0 Å². The van der Waals surface area contributed by atoms with Gasteiger partial charge in [-0.3, -0.25) is 4.79 Å². The predicted molar refractivity (Wildman–Crippen MR) is 125 cm³/mol. The summed E-state index contributed by atoms with van der Waals surface area (Å²) in [6.45, 7) is 3.83. The summed E-state index contributed by atoms with van der Waals surface area (Å²) in [5, 5.41) is 35.9. The quantitative estimate of drug-likeness (QED) is 0.309. The minimum absolute atomic E-state index is 0.00587. The zero-order chi connectivity index (χ0) is 25.0. The molecule has 0 amide bonds. The van der Waals surface area contributed by atoms with E-state index >= 15 is 4.39 Å². The number of hydrogen-bond donors (Lipinski definition) is 3. The summed E-state index contributed by atoms with van der Waals surface area (Å²) >= 11 is 0. The van der Waals surface area contributed by atoms with E-state index in [2.05, 4.69) is 10.3 Å². The van der Waals surface area contributed by atoms with Crippen LogP contribution in [0.2, 0.25) is 0 Å². The summed E-state index contributed by atoms with van der Waals surface area (Å²) in [7, 11) is 2.64. The zero-order valence-electron chi connectivity index (χ0n) is 19.3. The highest BCUT2D eigenvalue weighted by molar-refractivity contribution is 6.27. The van der Waals surface area contributed by atoms with E-state index in [1.165, 1.54) is 44.6 Å². The third kappa shape index (κ3) is 3.87. The molecule has 1 aromatic rings. The molecular weight excluding hydrogens is 443 g/mol. The molecule has 0 heterocycles. The second kappa shape index (κ2) is 9.94. The molecule has 9 heteroatoms. The largest absolute Gasteiger partial charge is 0.496 e. The first-order valence-electron chi connectivity index (χ1n) is 10.6. The molecule has 0 aromatic heterocycles. The Kier molecular flexibility index (Phi) is 7.24. The number of hydrogen-bond acceptors (Lipinski definition) is 7. The van der Waals surface area contributed by atoms with Crippen LogP contribution in [-0.4, -0.2) is 53.3 Å². The molecule has 3 unspecified atom stereocenters. The average Bonchev–Trinajstić information content (AvgIpc) is 2.85. The molecule has 0 aliphatic heterocycles. The number of oxime groups is 2. The summed E-state index contributed by atoms with van der Waals surface area (Å²) in [5.41, 5.74) is -1.08. The zero-order valence-corrected chi connectivity index (χ0v) is 19.3. The number of alkyl halides is 1. The van der Waals surface area contributed by atoms with Crippen LogP contribution in [0.25, 0.3) is 0 Å². The summed E-state index contributed by atoms with van der Waals surface area (Å²) in [5.74, 6) is -1.39. The van der Waals surface area contributed by atoms with Crippen LogP contribution >= 0.6 is 0 Å². The van der Waals surface area contributed by atoms with E-state index < -0.39 is 17.6 Å². The first-order chi connectivity index (χ1) is 16.3. The van der Waals surface area contributed by atoms with E-state index in [9.17, 15) is 20.3 Å². The number of nitrogens with zero attached hydrogens (tertiary/aromatic N) is 2. The number of carboxylic acid groups (broad SMARTS) is 1. The minimum atomic E-state index is -2.14. The van der Waals surface area contributed by atoms with Crippen molar-refractivity contribution in [2.45, 2.75) is 31.9 Å². The van der Waals surface area contributed by atoms with Gasteiger partial charge in [-0.15, -0.1) is 0 Å². The Morgan fingerprint density at radius 2 is 1.82 bits per heavy atom. The van der Waals surface area contributed by atoms with Crippen LogP contribution in [-0.2, 0) is 10.2 Å². The van der Waals surface area contributed by atoms with Crippen LogP contribution in [0.1, 0.15) is 37.0 Å². The fraction of sp³-hybridized carbons (Fsp3) is 0.320. The number of benzene rings is 1. The van der Waals surface area contributed by atoms with Crippen LogP contribution in [0.3, 0.4) is 0 Å². The number of aliphatic carboxylic acids is 1. The van der Waals surface area contributed by atoms with Crippen molar-refractivity contribution < 1.29 is 34.2 Å². The number of carboxylic acids is 1. The normalized spacial score (nSPS) is 24.9. The lowest BCUT2D eigenvalue weighted by Gasteiger charge is -2.35. The molecule has 1 aromatic carbocycles. The van der Waals surface area contributed by atoms with E-state index in [1.807, 2.05) is 26.0 Å². The van der Waals surface area contributed by atoms with Crippen molar-refractivity contribution in [3.05, 3.63) is 70.9 Å². The highest BCUT2D eigenvalue weighted by Crippen LogP contribution is 2.47. The molecule has 0 radical (unpaired) electrons. The molecule has 0 spiro atoms. The van der Waals surface area contributed by atoms with Crippen molar-refractivity contribution in [2.75, 3.05) is 14.2 Å². The van der Waals surface area contributed by atoms with E-state index in [1.54, 1.807) is 6.08 Å². The lowest BCUT2D eigenvalue weighted by Crippen LogP contribution is -2.44. The van der Waals surface area contributed by atoms with E-state index in [0.29, 0.717) is 12.0 Å². The van der Waals surface area contributed by atoms with Crippen LogP contribution < -0.4 is 9.47 Å². The molecule has 3 N–H and O–H groups in total. The standard InChI is InChI=1S/C25H27FN2O6/c1-5-6-7-14(2)15-10-11-25(24(29)30,20(26)12-15)16-13-19(33-3)21-17(27-31)8-9-18(28-32)22(21)23(16)34-4/h5-6,8-14,20,31-32H,7H2,1-4H3,(H,29,30)/b6-5+,27-17+,28-18+. The number of carbonyl (C=O) groups is 1. The molecule has 3 atom stereocenters. The van der Waals surface area contributed by atoms with Gasteiger partial charge in [0.25, 0.3) is 0 Å². The fourth-order valence-electron chi connectivity index (χ4n) is 4.33. The lowest BCUT2D eigenvalue weighted by molar-refractivity contribution is -0.143. The highest BCUT2D eigenvalue weighted by Gasteiger charge is 2.50. The van der Waals surface area contributed by atoms with Gasteiger partial charge < -0.3 is 25.0 Å². The summed E-state index contributed by atoms with van der Waals surface area (Å²) in [6, 6.07) is 1.35. The molecule has 0 bridgehead atoms. The van der Waals surface area contributed by atoms with Crippen molar-refractivity contribution in [3.63, 3.8) is 0 Å². The molecule has 3 rings (SSSR count). The third-order valence-electron chi connectivity index (χ3n) is 6.20. The van der Waals surface area contributed by atoms with Gasteiger partial charge in [-0.2, -0.15) is 0 Å². The number of methoxy groups -OCH3 is 2. The molecule has 2 aliphatic carbocycles. The van der Waals surface area contributed by atoms with Gasteiger partial charge in [-0.25, -0.2) is 4.39 Å². The minimum Gasteiger partial charge on any atom is -0.496 e. The summed E-state index contributed by atoms with van der Waals surface area (Å²) < 4.78 is 26.9. The Labute approximate surface area is 196 Å². The van der Waals surface area contributed by atoms with Crippen LogP contribution in [0.4, 0.5) is 4.39 Å². The molecule has 34 heavy (non-hydrogen) atoms. The summed E-state index contributed by atoms with van der Waals surface area (Å²) in [6.07, 6.45) is 9.62. The molecule has 2 aliphatic rings. The van der Waals surface area contributed by atoms with Crippen molar-refractivity contribution in [2.24, 2.45) is 16.2 Å². The summed E-state index contributed by atoms with van der Waals surface area (Å²) in [4.78, 5) is 12.7. The molecular formula is C25H27FN2O6. The lowest BCUT2D eigenvalue weighted by atomic mass is 9.70. The predicted octanol–water partition coefficient (Wildman–Crippen LogP) is 4.39. The van der Waals surface area contributed by atoms with Gasteiger partial charge in [0.2, 0.25) is 0 Å². The molecule has 0 saturated heterocycles. The molecule has 0 saturated carbocycles. The second-order valence-corrected chi connectivity index (χ2v) is 8.00. The number of ether oxygens (including phenoxy) is 2. The first kappa shape index (κ1) is 24.8. The van der Waals surface area contributed by atoms with Gasteiger partial charge in [0.15, 0.2) is 0 Å². The van der Waals surface area contributed by atoms with Crippen LogP contribution in [0.15, 0.2) is 64.5 Å². The van der Waals surface area contributed by atoms with E-state index in [4.69, 9.17) is 9.47 Å². The average molecular weight is 470 g/mol. The Morgan fingerprint density at radius 1 is 1.18 bits per heavy atom. The van der Waals surface area contributed by atoms with Gasteiger partial charge >= 0.3 is 5.97 Å². The Balaban J connectivity index is 2.31. The van der Waals surface area contributed by atoms with E-state index in [0.717, 1.165) is 0 Å². The van der Waals surface area contributed by atoms with Crippen molar-refractivity contribution in [3.8, 4) is 11.5 Å². The number of fused-ring (bicyclic) bond motifs is 1. The SMILES string of the molecule is C/C=C/CC(C)C1=CC(F)C(C(=O)O)(c2cc(OC)c3c(c2OC)/C(=N/O)C=C/C3=N\O)C=C1. The maximum atomic E-state index is 15.9. The second-order valence-electron chi connectivity index (χ2n) is 8.00. The maximum absolute atomic E-state index is 15.9. The van der Waals surface area contributed by atoms with Crippen molar-refractivity contribution >= 4 is 17.4 Å². The van der Waals surface area contributed by atoms with E-state index in [-0.39, 0.29) is 45.5 Å². The highest BCUT2D eigenvalue weighted by atomic mass is 19.1. The van der Waals surface area contributed by atoms with Gasteiger partial charge in [0.05, 0.1) is 25.3 Å². The van der Waals surface area contributed by atoms with Crippen LogP contribution in [0, 0.1) is 5.92 Å². The topological polar surface area (TPSA) is 121 Å². The fourth-order valence-corrected chi connectivity index (χ4v) is 4.33. The monoisotopic (exact) mass is 470 g/mol. The molecule has 0 fully saturated rings. The van der Waals surface area contributed by atoms with Crippen LogP contribution in [0.5, 0.6) is 11.5 Å². The van der Waals surface area contributed by atoms with Gasteiger partial charge in [-0.05, 0) is 49.1 Å². The smallest absolute Gasteiger partial charge is 0.321 e. The van der Waals surface area contributed by atoms with Gasteiger partial charge in [-0.1, -0.05) is 41.5 Å². The number of allylic oxidation sites excluding steroid dienone is 7. The Bertz CT molecular complexity index is 1160. The molecule has 8 nitrogen and oxygen atoms in total. The molecule has 180 valence electrons. The number of rotatable bonds is 7. The first-order valence-corrected chi connectivity index (χ1v) is 10.6. The van der Waals surface area contributed by atoms with Gasteiger partial charge in [0, 0.05) is 5.56 Å². The third-order valence-corrected chi connectivity index (χ3v) is 6.20. The van der Waals surface area contributed by atoms with Gasteiger partial charge in [0.1, 0.15) is 34.5 Å². The number of halogens is 1. The maximum Gasteiger partial charge on any atom is 0.321 e. The van der Waals surface area contributed by atoms with Crippen molar-refractivity contribution in [1.82, 2.24) is 0 Å². The Morgan fingerprint density at radius 3 is 2.32 bits per heavy atom. The Hall–Kier alpha value is -3.88.